The molecule has 4 atom stereocenters. The van der Waals surface area contributed by atoms with Crippen LogP contribution in [-0.2, 0) is 23.9 Å². The molecular weight excluding hydrogens is 573 g/mol. The lowest BCUT2D eigenvalue weighted by atomic mass is 9.52. The Morgan fingerprint density at radius 2 is 1.91 bits per heavy atom. The summed E-state index contributed by atoms with van der Waals surface area (Å²) in [5.74, 6) is 2.62. The first-order valence-corrected chi connectivity index (χ1v) is 16.7. The number of nitrogens with two attached hydrogens (primary N) is 1. The third kappa shape index (κ3) is 5.34. The summed E-state index contributed by atoms with van der Waals surface area (Å²) in [6.07, 6.45) is 5.92. The molecule has 2 saturated carbocycles. The zero-order chi connectivity index (χ0) is 30.9. The Balaban J connectivity index is 1.38. The maximum atomic E-state index is 13.8. The fourth-order valence-corrected chi connectivity index (χ4v) is 7.31. The Morgan fingerprint density at radius 3 is 2.55 bits per heavy atom. The van der Waals surface area contributed by atoms with Gasteiger partial charge in [0.2, 0.25) is 5.88 Å². The lowest BCUT2D eigenvalue weighted by molar-refractivity contribution is 0.0700. The highest BCUT2D eigenvalue weighted by Crippen LogP contribution is 2.40. The van der Waals surface area contributed by atoms with Crippen LogP contribution in [0.5, 0.6) is 11.6 Å². The molecule has 6 radical (unpaired) electrons. The highest BCUT2D eigenvalue weighted by molar-refractivity contribution is 7.84. The van der Waals surface area contributed by atoms with Crippen LogP contribution in [-0.4, -0.2) is 101 Å². The van der Waals surface area contributed by atoms with Gasteiger partial charge in [-0.05, 0) is 67.1 Å². The third-order valence-corrected chi connectivity index (χ3v) is 9.91. The van der Waals surface area contributed by atoms with E-state index >= 15 is 0 Å². The molecule has 4 aromatic rings. The zero-order valence-electron chi connectivity index (χ0n) is 24.9. The number of piperidine rings is 1. The summed E-state index contributed by atoms with van der Waals surface area (Å²) < 4.78 is 27.8. The molecule has 14 heteroatoms. The molecule has 4 heterocycles. The summed E-state index contributed by atoms with van der Waals surface area (Å²) in [7, 11) is 17.6. The van der Waals surface area contributed by atoms with Gasteiger partial charge in [0.1, 0.15) is 40.5 Å². The maximum absolute atomic E-state index is 13.8. The minimum absolute atomic E-state index is 0.0224. The summed E-state index contributed by atoms with van der Waals surface area (Å²) in [4.78, 5) is 25.5. The summed E-state index contributed by atoms with van der Waals surface area (Å²) in [5, 5.41) is -0.988. The van der Waals surface area contributed by atoms with Crippen molar-refractivity contribution in [3.8, 4) is 23.1 Å². The van der Waals surface area contributed by atoms with Gasteiger partial charge in [-0.15, -0.1) is 0 Å². The molecule has 222 valence electrons. The van der Waals surface area contributed by atoms with Gasteiger partial charge in [-0.3, -0.25) is 9.00 Å². The molecule has 0 spiro atoms. The normalized spacial score (nSPS) is 22.2. The monoisotopic (exact) mass is 606 g/mol. The number of likely N-dealkylation sites (tertiary alicyclic amines) is 1. The molecule has 0 unspecified atom stereocenters. The van der Waals surface area contributed by atoms with E-state index in [1.165, 1.54) is 0 Å². The fraction of sp³-hybridized carbons (Fsp3) is 0.500. The lowest BCUT2D eigenvalue weighted by Gasteiger charge is -2.27. The van der Waals surface area contributed by atoms with Crippen molar-refractivity contribution in [3.05, 3.63) is 35.9 Å². The molecule has 2 aliphatic carbocycles. The second-order valence-corrected chi connectivity index (χ2v) is 14.0. The van der Waals surface area contributed by atoms with Crippen molar-refractivity contribution < 1.29 is 18.5 Å². The van der Waals surface area contributed by atoms with Gasteiger partial charge in [0.15, 0.2) is 5.82 Å². The number of nitrogens with zero attached hydrogens (tertiary/aromatic N) is 5. The first-order chi connectivity index (χ1) is 21.0. The van der Waals surface area contributed by atoms with E-state index in [0.29, 0.717) is 59.0 Å². The second-order valence-electron chi connectivity index (χ2n) is 12.5. The summed E-state index contributed by atoms with van der Waals surface area (Å²) in [5.41, 5.74) is 9.82. The maximum Gasteiger partial charge on any atom is 0.254 e. The van der Waals surface area contributed by atoms with E-state index in [2.05, 4.69) is 4.57 Å². The number of methoxy groups -OCH3 is 1. The number of benzene rings is 1. The molecule has 44 heavy (non-hydrogen) atoms. The van der Waals surface area contributed by atoms with Crippen molar-refractivity contribution in [2.75, 3.05) is 25.7 Å². The van der Waals surface area contributed by atoms with Gasteiger partial charge < -0.3 is 29.2 Å². The number of carbonyl (C=O) groups is 1. The topological polar surface area (TPSA) is 118 Å². The minimum Gasteiger partial charge on any atom is -0.501 e. The summed E-state index contributed by atoms with van der Waals surface area (Å²) in [6, 6.07) is 9.31. The molecule has 10 nitrogen and oxygen atoms in total. The Hall–Kier alpha value is -3.25. The second kappa shape index (κ2) is 11.0. The van der Waals surface area contributed by atoms with Gasteiger partial charge in [-0.1, -0.05) is 0 Å². The third-order valence-electron chi connectivity index (χ3n) is 9.16. The predicted octanol–water partition coefficient (Wildman–Crippen LogP) is 1.91. The van der Waals surface area contributed by atoms with Crippen LogP contribution in [0.4, 0.5) is 0 Å². The molecule has 1 aliphatic heterocycles. The number of hydrogen-bond donors (Lipinski definition) is 1. The lowest BCUT2D eigenvalue weighted by Crippen LogP contribution is -2.41. The number of pyridine rings is 1. The number of rotatable bonds is 10. The molecule has 2 N–H and O–H groups in total. The minimum atomic E-state index is -1.87. The Morgan fingerprint density at radius 1 is 1.11 bits per heavy atom. The Bertz CT molecular complexity index is 1800. The van der Waals surface area contributed by atoms with Crippen molar-refractivity contribution in [1.82, 2.24) is 24.0 Å². The molecule has 1 aromatic carbocycles. The van der Waals surface area contributed by atoms with E-state index in [4.69, 9.17) is 48.7 Å². The molecule has 3 aromatic heterocycles. The van der Waals surface area contributed by atoms with Crippen molar-refractivity contribution in [1.29, 1.82) is 0 Å². The number of fused-ring (bicyclic) bond motifs is 4. The van der Waals surface area contributed by atoms with E-state index in [9.17, 15) is 9.00 Å². The van der Waals surface area contributed by atoms with Gasteiger partial charge in [-0.25, -0.2) is 4.98 Å². The molecule has 3 aliphatic rings. The van der Waals surface area contributed by atoms with Crippen LogP contribution in [0.25, 0.3) is 33.6 Å². The SMILES string of the molecule is [B]C([B])([B])Oc1ccc2cc(-c3nc4cc(C(=O)N5C[C@H]6CC[C@@H]5[C@@H]6N)cc(OC)c4n3CC[S@@](C)=O)n(CC3CC3)c2n1. The molecular formula is C30H33B3N6O4S. The Labute approximate surface area is 262 Å². The van der Waals surface area contributed by atoms with Crippen molar-refractivity contribution in [2.24, 2.45) is 17.6 Å². The average Bonchev–Trinajstić information content (AvgIpc) is 3.33. The van der Waals surface area contributed by atoms with Crippen LogP contribution in [0, 0.1) is 11.8 Å². The number of carbonyl (C=O) groups excluding carboxylic acids is 1. The summed E-state index contributed by atoms with van der Waals surface area (Å²) in [6.45, 7) is 1.84. The number of amides is 1. The van der Waals surface area contributed by atoms with Gasteiger partial charge in [0.05, 0.1) is 18.3 Å². The quantitative estimate of drug-likeness (QED) is 0.274. The van der Waals surface area contributed by atoms with Crippen LogP contribution in [0.1, 0.15) is 36.0 Å². The van der Waals surface area contributed by atoms with Crippen LogP contribution in [0.15, 0.2) is 30.3 Å². The Kier molecular flexibility index (Phi) is 7.35. The van der Waals surface area contributed by atoms with Crippen molar-refractivity contribution in [2.45, 2.75) is 56.2 Å². The predicted molar refractivity (Wildman–Crippen MR) is 173 cm³/mol. The van der Waals surface area contributed by atoms with Crippen molar-refractivity contribution in [3.63, 3.8) is 0 Å². The average molecular weight is 606 g/mol. The van der Waals surface area contributed by atoms with E-state index < -0.39 is 16.1 Å². The van der Waals surface area contributed by atoms with Gasteiger partial charge in [0, 0.05) is 71.5 Å². The van der Waals surface area contributed by atoms with E-state index in [1.54, 1.807) is 25.5 Å². The molecule has 7 rings (SSSR count). The standard InChI is InChI=1S/C30H33B3N6O4S/c1-42-23-13-19(29(40)39-15-18-5-7-21(39)25(18)34)11-20-26(23)37(9-10-44(2)41)28(35-20)22-12-17-6-8-24(43-30(31,32)33)36-27(17)38(22)14-16-3-4-16/h6,8,11-13,16,18,21,25H,3-5,7,9-10,14-15,34H2,1-2H3/t18-,21-,25-,44-/m1/s1. The van der Waals surface area contributed by atoms with Crippen LogP contribution < -0.4 is 15.2 Å². The van der Waals surface area contributed by atoms with Crippen LogP contribution >= 0.6 is 0 Å². The highest BCUT2D eigenvalue weighted by atomic mass is 32.2. The molecule has 3 fully saturated rings. The number of ether oxygens (including phenoxy) is 2. The number of aryl methyl sites for hydroxylation is 1. The van der Waals surface area contributed by atoms with Gasteiger partial charge in [0.25, 0.3) is 5.91 Å². The van der Waals surface area contributed by atoms with E-state index in [0.717, 1.165) is 48.8 Å². The van der Waals surface area contributed by atoms with Crippen LogP contribution in [0.3, 0.4) is 0 Å². The zero-order valence-corrected chi connectivity index (χ0v) is 25.8. The smallest absolute Gasteiger partial charge is 0.254 e. The van der Waals surface area contributed by atoms with Crippen LogP contribution in [0.2, 0.25) is 0 Å². The highest BCUT2D eigenvalue weighted by Gasteiger charge is 2.47. The number of hydrogen-bond acceptors (Lipinski definition) is 7. The largest absolute Gasteiger partial charge is 0.501 e. The fourth-order valence-electron chi connectivity index (χ4n) is 6.87. The molecule has 1 amide bonds. The molecule has 1 saturated heterocycles. The molecule has 2 bridgehead atoms. The van der Waals surface area contributed by atoms with Crippen molar-refractivity contribution >= 4 is 62.3 Å². The summed E-state index contributed by atoms with van der Waals surface area (Å²) >= 11 is 0. The first kappa shape index (κ1) is 29.5. The van der Waals surface area contributed by atoms with Gasteiger partial charge >= 0.3 is 0 Å². The number of aromatic nitrogens is 4. The van der Waals surface area contributed by atoms with E-state index in [-0.39, 0.29) is 23.9 Å². The van der Waals surface area contributed by atoms with E-state index in [1.807, 2.05) is 27.7 Å². The first-order valence-electron chi connectivity index (χ1n) is 15.0. The van der Waals surface area contributed by atoms with Gasteiger partial charge in [-0.2, -0.15) is 4.98 Å². The number of imidazole rings is 1.